The lowest BCUT2D eigenvalue weighted by Crippen LogP contribution is -2.33. The zero-order valence-corrected chi connectivity index (χ0v) is 13.1. The summed E-state index contributed by atoms with van der Waals surface area (Å²) in [6, 6.07) is 9.51. The highest BCUT2D eigenvalue weighted by Gasteiger charge is 2.23. The van der Waals surface area contributed by atoms with Crippen molar-refractivity contribution in [3.05, 3.63) is 52.1 Å². The summed E-state index contributed by atoms with van der Waals surface area (Å²) in [5, 5.41) is 16.6. The second kappa shape index (κ2) is 6.61. The van der Waals surface area contributed by atoms with Crippen molar-refractivity contribution in [2.45, 2.75) is 44.7 Å². The van der Waals surface area contributed by atoms with Crippen molar-refractivity contribution in [3.8, 4) is 6.07 Å². The molecule has 6 nitrogen and oxygen atoms in total. The van der Waals surface area contributed by atoms with Crippen LogP contribution in [-0.4, -0.2) is 20.8 Å². The Bertz CT molecular complexity index is 767. The summed E-state index contributed by atoms with van der Waals surface area (Å²) in [5.41, 5.74) is 1.40. The third-order valence-corrected chi connectivity index (χ3v) is 4.25. The SMILES string of the molecule is Cc1ccc(=O)n(C2CCC(Nc3ccc(C#N)cn3)CC2)n1. The van der Waals surface area contributed by atoms with Gasteiger partial charge in [-0.2, -0.15) is 10.4 Å². The van der Waals surface area contributed by atoms with Crippen molar-refractivity contribution in [2.24, 2.45) is 0 Å². The van der Waals surface area contributed by atoms with Gasteiger partial charge in [0.15, 0.2) is 0 Å². The topological polar surface area (TPSA) is 83.6 Å². The van der Waals surface area contributed by atoms with Crippen LogP contribution in [0.3, 0.4) is 0 Å². The normalized spacial score (nSPS) is 20.7. The summed E-state index contributed by atoms with van der Waals surface area (Å²) in [6.45, 7) is 1.90. The lowest BCUT2D eigenvalue weighted by atomic mass is 9.91. The van der Waals surface area contributed by atoms with Crippen LogP contribution in [0.4, 0.5) is 5.82 Å². The van der Waals surface area contributed by atoms with Crippen molar-refractivity contribution < 1.29 is 0 Å². The van der Waals surface area contributed by atoms with Crippen LogP contribution in [0.5, 0.6) is 0 Å². The zero-order valence-electron chi connectivity index (χ0n) is 13.1. The van der Waals surface area contributed by atoms with Gasteiger partial charge in [0.05, 0.1) is 17.3 Å². The Balaban J connectivity index is 1.61. The number of pyridine rings is 1. The van der Waals surface area contributed by atoms with Gasteiger partial charge in [0.2, 0.25) is 0 Å². The van der Waals surface area contributed by atoms with Gasteiger partial charge < -0.3 is 5.32 Å². The summed E-state index contributed by atoms with van der Waals surface area (Å²) >= 11 is 0. The fourth-order valence-electron chi connectivity index (χ4n) is 3.00. The first kappa shape index (κ1) is 15.2. The summed E-state index contributed by atoms with van der Waals surface area (Å²) < 4.78 is 1.63. The first-order valence-electron chi connectivity index (χ1n) is 7.85. The van der Waals surface area contributed by atoms with E-state index in [-0.39, 0.29) is 11.6 Å². The number of nitriles is 1. The Hall–Kier alpha value is -2.68. The number of nitrogens with zero attached hydrogens (tertiary/aromatic N) is 4. The third kappa shape index (κ3) is 3.57. The lowest BCUT2D eigenvalue weighted by Gasteiger charge is -2.29. The Labute approximate surface area is 134 Å². The molecule has 2 aromatic heterocycles. The predicted octanol–water partition coefficient (Wildman–Crippen LogP) is 2.41. The molecular formula is C17H19N5O. The van der Waals surface area contributed by atoms with E-state index in [0.29, 0.717) is 11.6 Å². The number of hydrogen-bond donors (Lipinski definition) is 1. The number of aromatic nitrogens is 3. The largest absolute Gasteiger partial charge is 0.367 e. The summed E-state index contributed by atoms with van der Waals surface area (Å²) in [7, 11) is 0. The van der Waals surface area contributed by atoms with E-state index in [2.05, 4.69) is 21.5 Å². The molecule has 3 rings (SSSR count). The molecule has 1 N–H and O–H groups in total. The Kier molecular flexibility index (Phi) is 4.38. The molecule has 0 bridgehead atoms. The van der Waals surface area contributed by atoms with Crippen molar-refractivity contribution in [3.63, 3.8) is 0 Å². The maximum Gasteiger partial charge on any atom is 0.267 e. The number of rotatable bonds is 3. The van der Waals surface area contributed by atoms with Crippen molar-refractivity contribution in [1.29, 1.82) is 5.26 Å². The minimum absolute atomic E-state index is 0.0271. The zero-order chi connectivity index (χ0) is 16.2. The van der Waals surface area contributed by atoms with Gasteiger partial charge in [-0.25, -0.2) is 9.67 Å². The molecule has 6 heteroatoms. The van der Waals surface area contributed by atoms with Gasteiger partial charge in [0.25, 0.3) is 5.56 Å². The molecule has 0 atom stereocenters. The fourth-order valence-corrected chi connectivity index (χ4v) is 3.00. The molecule has 2 aromatic rings. The molecule has 0 saturated heterocycles. The van der Waals surface area contributed by atoms with E-state index in [4.69, 9.17) is 5.26 Å². The average molecular weight is 309 g/mol. The number of anilines is 1. The van der Waals surface area contributed by atoms with Gasteiger partial charge in [-0.1, -0.05) is 0 Å². The van der Waals surface area contributed by atoms with E-state index < -0.39 is 0 Å². The molecule has 1 fully saturated rings. The van der Waals surface area contributed by atoms with E-state index in [9.17, 15) is 4.79 Å². The summed E-state index contributed by atoms with van der Waals surface area (Å²) in [6.07, 6.45) is 5.35. The Morgan fingerprint density at radius 3 is 2.65 bits per heavy atom. The predicted molar refractivity (Wildman–Crippen MR) is 87.1 cm³/mol. The van der Waals surface area contributed by atoms with E-state index in [1.165, 1.54) is 0 Å². The quantitative estimate of drug-likeness (QED) is 0.941. The summed E-state index contributed by atoms with van der Waals surface area (Å²) in [4.78, 5) is 16.2. The molecule has 23 heavy (non-hydrogen) atoms. The molecule has 1 aliphatic carbocycles. The van der Waals surface area contributed by atoms with Gasteiger partial charge >= 0.3 is 0 Å². The van der Waals surface area contributed by atoms with Gasteiger partial charge in [-0.15, -0.1) is 0 Å². The Morgan fingerprint density at radius 1 is 1.22 bits per heavy atom. The molecule has 2 heterocycles. The van der Waals surface area contributed by atoms with Crippen molar-refractivity contribution >= 4 is 5.82 Å². The first-order valence-corrected chi connectivity index (χ1v) is 7.85. The highest BCUT2D eigenvalue weighted by Crippen LogP contribution is 2.28. The van der Waals surface area contributed by atoms with Crippen LogP contribution in [0.25, 0.3) is 0 Å². The molecular weight excluding hydrogens is 290 g/mol. The second-order valence-corrected chi connectivity index (χ2v) is 5.95. The third-order valence-electron chi connectivity index (χ3n) is 4.25. The van der Waals surface area contributed by atoms with E-state index in [0.717, 1.165) is 37.2 Å². The van der Waals surface area contributed by atoms with Crippen LogP contribution in [0.2, 0.25) is 0 Å². The average Bonchev–Trinajstić information content (AvgIpc) is 2.58. The van der Waals surface area contributed by atoms with Crippen LogP contribution >= 0.6 is 0 Å². The molecule has 0 spiro atoms. The fraction of sp³-hybridized carbons (Fsp3) is 0.412. The van der Waals surface area contributed by atoms with Gasteiger partial charge in [0.1, 0.15) is 11.9 Å². The summed E-state index contributed by atoms with van der Waals surface area (Å²) in [5.74, 6) is 0.790. The number of hydrogen-bond acceptors (Lipinski definition) is 5. The van der Waals surface area contributed by atoms with Gasteiger partial charge in [-0.05, 0) is 50.8 Å². The molecule has 0 unspecified atom stereocenters. The monoisotopic (exact) mass is 309 g/mol. The maximum atomic E-state index is 12.0. The minimum atomic E-state index is -0.0271. The lowest BCUT2D eigenvalue weighted by molar-refractivity contribution is 0.302. The maximum absolute atomic E-state index is 12.0. The van der Waals surface area contributed by atoms with Crippen LogP contribution in [0, 0.1) is 18.3 Å². The number of aryl methyl sites for hydroxylation is 1. The molecule has 118 valence electrons. The Morgan fingerprint density at radius 2 is 2.00 bits per heavy atom. The standard InChI is InChI=1S/C17H19N5O/c1-12-2-9-17(23)22(21-12)15-6-4-14(5-7-15)20-16-8-3-13(10-18)11-19-16/h2-3,8-9,11,14-15H,4-7H2,1H3,(H,19,20). The minimum Gasteiger partial charge on any atom is -0.367 e. The van der Waals surface area contributed by atoms with E-state index in [1.54, 1.807) is 29.1 Å². The highest BCUT2D eigenvalue weighted by atomic mass is 16.1. The van der Waals surface area contributed by atoms with Crippen LogP contribution in [0.1, 0.15) is 43.0 Å². The van der Waals surface area contributed by atoms with Gasteiger partial charge in [-0.3, -0.25) is 4.79 Å². The van der Waals surface area contributed by atoms with Crippen LogP contribution in [-0.2, 0) is 0 Å². The molecule has 0 radical (unpaired) electrons. The van der Waals surface area contributed by atoms with Crippen LogP contribution < -0.4 is 10.9 Å². The smallest absolute Gasteiger partial charge is 0.267 e. The van der Waals surface area contributed by atoms with Crippen LogP contribution in [0.15, 0.2) is 35.3 Å². The van der Waals surface area contributed by atoms with Gasteiger partial charge in [0, 0.05) is 18.3 Å². The molecule has 0 aromatic carbocycles. The molecule has 0 aliphatic heterocycles. The second-order valence-electron chi connectivity index (χ2n) is 5.95. The molecule has 1 aliphatic rings. The van der Waals surface area contributed by atoms with Crippen molar-refractivity contribution in [2.75, 3.05) is 5.32 Å². The molecule has 1 saturated carbocycles. The first-order chi connectivity index (χ1) is 11.2. The van der Waals surface area contributed by atoms with E-state index >= 15 is 0 Å². The van der Waals surface area contributed by atoms with Crippen molar-refractivity contribution in [1.82, 2.24) is 14.8 Å². The number of nitrogens with one attached hydrogen (secondary N) is 1. The van der Waals surface area contributed by atoms with E-state index in [1.807, 2.05) is 13.0 Å². The molecule has 0 amide bonds. The highest BCUT2D eigenvalue weighted by molar-refractivity contribution is 5.39.